The van der Waals surface area contributed by atoms with Crippen molar-refractivity contribution < 1.29 is 0 Å². The van der Waals surface area contributed by atoms with E-state index in [1.54, 1.807) is 18.6 Å². The van der Waals surface area contributed by atoms with Crippen LogP contribution in [0.1, 0.15) is 24.2 Å². The fourth-order valence-electron chi connectivity index (χ4n) is 1.67. The highest BCUT2D eigenvalue weighted by Gasteiger charge is 2.15. The summed E-state index contributed by atoms with van der Waals surface area (Å²) < 4.78 is 1.86. The van der Waals surface area contributed by atoms with Crippen molar-refractivity contribution in [1.82, 2.24) is 14.8 Å². The molecule has 0 amide bonds. The van der Waals surface area contributed by atoms with Crippen LogP contribution in [-0.2, 0) is 6.54 Å². The van der Waals surface area contributed by atoms with Gasteiger partial charge in [0, 0.05) is 25.1 Å². The minimum absolute atomic E-state index is 0.266. The number of pyridine rings is 1. The molecule has 0 aliphatic carbocycles. The Morgan fingerprint density at radius 2 is 2.25 bits per heavy atom. The number of halogens is 1. The Hall–Kier alpha value is -1.39. The molecule has 2 rings (SSSR count). The molecule has 1 atom stereocenters. The highest BCUT2D eigenvalue weighted by Crippen LogP contribution is 2.25. The lowest BCUT2D eigenvalue weighted by Gasteiger charge is -2.14. The van der Waals surface area contributed by atoms with Gasteiger partial charge >= 0.3 is 0 Å². The summed E-state index contributed by atoms with van der Waals surface area (Å²) >= 11 is 6.06. The number of aromatic nitrogens is 3. The van der Waals surface area contributed by atoms with Crippen LogP contribution in [0.5, 0.6) is 0 Å². The van der Waals surface area contributed by atoms with Crippen LogP contribution in [0, 0.1) is 0 Å². The first kappa shape index (κ1) is 11.1. The van der Waals surface area contributed by atoms with E-state index in [0.717, 1.165) is 17.8 Å². The standard InChI is InChI=1S/C11H13ClN4/c1-2-16-10(4-6-15-16)11(13)8-3-5-14-7-9(8)12/h3-7,11H,2,13H2,1H3. The highest BCUT2D eigenvalue weighted by atomic mass is 35.5. The van der Waals surface area contributed by atoms with Crippen molar-refractivity contribution in [3.05, 3.63) is 47.0 Å². The minimum atomic E-state index is -0.266. The van der Waals surface area contributed by atoms with Crippen LogP contribution in [-0.4, -0.2) is 14.8 Å². The van der Waals surface area contributed by atoms with Gasteiger partial charge in [-0.25, -0.2) is 0 Å². The third-order valence-corrected chi connectivity index (χ3v) is 2.82. The molecule has 5 heteroatoms. The van der Waals surface area contributed by atoms with Crippen molar-refractivity contribution in [2.24, 2.45) is 5.73 Å². The minimum Gasteiger partial charge on any atom is -0.319 e. The molecule has 84 valence electrons. The molecule has 0 fully saturated rings. The number of hydrogen-bond donors (Lipinski definition) is 1. The molecule has 0 aliphatic heterocycles. The summed E-state index contributed by atoms with van der Waals surface area (Å²) in [4.78, 5) is 3.94. The zero-order valence-corrected chi connectivity index (χ0v) is 9.72. The number of hydrogen-bond acceptors (Lipinski definition) is 3. The second-order valence-corrected chi connectivity index (χ2v) is 3.85. The topological polar surface area (TPSA) is 56.7 Å². The molecule has 0 aliphatic rings. The van der Waals surface area contributed by atoms with Crippen LogP contribution in [0.3, 0.4) is 0 Å². The Morgan fingerprint density at radius 1 is 1.44 bits per heavy atom. The van der Waals surface area contributed by atoms with Gasteiger partial charge in [-0.15, -0.1) is 0 Å². The monoisotopic (exact) mass is 236 g/mol. The van der Waals surface area contributed by atoms with Crippen molar-refractivity contribution in [1.29, 1.82) is 0 Å². The van der Waals surface area contributed by atoms with Gasteiger partial charge in [-0.3, -0.25) is 9.67 Å². The molecule has 16 heavy (non-hydrogen) atoms. The average Bonchev–Trinajstić information content (AvgIpc) is 2.77. The van der Waals surface area contributed by atoms with E-state index in [1.165, 1.54) is 0 Å². The van der Waals surface area contributed by atoms with E-state index in [4.69, 9.17) is 17.3 Å². The summed E-state index contributed by atoms with van der Waals surface area (Å²) in [5.74, 6) is 0. The maximum atomic E-state index is 6.16. The second-order valence-electron chi connectivity index (χ2n) is 3.45. The maximum absolute atomic E-state index is 6.16. The highest BCUT2D eigenvalue weighted by molar-refractivity contribution is 6.31. The van der Waals surface area contributed by atoms with Gasteiger partial charge in [-0.05, 0) is 24.6 Å². The van der Waals surface area contributed by atoms with E-state index in [9.17, 15) is 0 Å². The summed E-state index contributed by atoms with van der Waals surface area (Å²) in [6.45, 7) is 2.82. The van der Waals surface area contributed by atoms with Gasteiger partial charge in [0.2, 0.25) is 0 Å². The fourth-order valence-corrected chi connectivity index (χ4v) is 1.91. The van der Waals surface area contributed by atoms with Gasteiger partial charge in [0.15, 0.2) is 0 Å². The zero-order chi connectivity index (χ0) is 11.5. The third kappa shape index (κ3) is 1.94. The molecule has 2 aromatic rings. The Morgan fingerprint density at radius 3 is 2.94 bits per heavy atom. The van der Waals surface area contributed by atoms with Gasteiger partial charge in [0.25, 0.3) is 0 Å². The molecular weight excluding hydrogens is 224 g/mol. The van der Waals surface area contributed by atoms with E-state index < -0.39 is 0 Å². The molecule has 0 spiro atoms. The summed E-state index contributed by atoms with van der Waals surface area (Å²) in [5.41, 5.74) is 7.99. The van der Waals surface area contributed by atoms with E-state index >= 15 is 0 Å². The summed E-state index contributed by atoms with van der Waals surface area (Å²) in [5, 5.41) is 4.77. The molecular formula is C11H13ClN4. The normalized spacial score (nSPS) is 12.7. The number of nitrogens with two attached hydrogens (primary N) is 1. The Bertz CT molecular complexity index is 480. The van der Waals surface area contributed by atoms with Gasteiger partial charge < -0.3 is 5.73 Å². The first-order chi connectivity index (χ1) is 7.74. The number of rotatable bonds is 3. The SMILES string of the molecule is CCn1nccc1C(N)c1ccncc1Cl. The molecule has 0 saturated heterocycles. The van der Waals surface area contributed by atoms with Gasteiger partial charge in [-0.1, -0.05) is 11.6 Å². The van der Waals surface area contributed by atoms with Crippen LogP contribution >= 0.6 is 11.6 Å². The molecule has 2 N–H and O–H groups in total. The lowest BCUT2D eigenvalue weighted by Crippen LogP contribution is -2.17. The lowest BCUT2D eigenvalue weighted by molar-refractivity contribution is 0.600. The molecule has 0 radical (unpaired) electrons. The van der Waals surface area contributed by atoms with Crippen molar-refractivity contribution in [2.75, 3.05) is 0 Å². The van der Waals surface area contributed by atoms with Crippen molar-refractivity contribution in [3.63, 3.8) is 0 Å². The zero-order valence-electron chi connectivity index (χ0n) is 8.97. The van der Waals surface area contributed by atoms with Crippen LogP contribution < -0.4 is 5.73 Å². The Balaban J connectivity index is 2.39. The van der Waals surface area contributed by atoms with E-state index in [1.807, 2.05) is 23.7 Å². The summed E-state index contributed by atoms with van der Waals surface area (Å²) in [7, 11) is 0. The average molecular weight is 237 g/mol. The molecule has 2 aromatic heterocycles. The van der Waals surface area contributed by atoms with Crippen LogP contribution in [0.2, 0.25) is 5.02 Å². The lowest BCUT2D eigenvalue weighted by atomic mass is 10.1. The molecule has 2 heterocycles. The van der Waals surface area contributed by atoms with Crippen LogP contribution in [0.15, 0.2) is 30.7 Å². The van der Waals surface area contributed by atoms with Crippen molar-refractivity contribution in [2.45, 2.75) is 19.5 Å². The molecule has 4 nitrogen and oxygen atoms in total. The molecule has 1 unspecified atom stereocenters. The van der Waals surface area contributed by atoms with E-state index in [0.29, 0.717) is 5.02 Å². The Kier molecular flexibility index (Phi) is 3.22. The maximum Gasteiger partial charge on any atom is 0.0738 e. The molecule has 0 saturated carbocycles. The van der Waals surface area contributed by atoms with Gasteiger partial charge in [0.05, 0.1) is 16.8 Å². The largest absolute Gasteiger partial charge is 0.319 e. The predicted molar refractivity (Wildman–Crippen MR) is 63.2 cm³/mol. The fraction of sp³-hybridized carbons (Fsp3) is 0.273. The Labute approximate surface area is 99.1 Å². The number of nitrogens with zero attached hydrogens (tertiary/aromatic N) is 3. The quantitative estimate of drug-likeness (QED) is 0.887. The van der Waals surface area contributed by atoms with Crippen molar-refractivity contribution in [3.8, 4) is 0 Å². The van der Waals surface area contributed by atoms with Crippen LogP contribution in [0.25, 0.3) is 0 Å². The summed E-state index contributed by atoms with van der Waals surface area (Å²) in [6.07, 6.45) is 5.03. The van der Waals surface area contributed by atoms with E-state index in [2.05, 4.69) is 10.1 Å². The molecule has 0 aromatic carbocycles. The molecule has 0 bridgehead atoms. The summed E-state index contributed by atoms with van der Waals surface area (Å²) in [6, 6.07) is 3.48. The first-order valence-corrected chi connectivity index (χ1v) is 5.48. The predicted octanol–water partition coefficient (Wildman–Crippen LogP) is 2.00. The van der Waals surface area contributed by atoms with Gasteiger partial charge in [-0.2, -0.15) is 5.10 Å². The second kappa shape index (κ2) is 4.63. The first-order valence-electron chi connectivity index (χ1n) is 5.10. The van der Waals surface area contributed by atoms with Crippen LogP contribution in [0.4, 0.5) is 0 Å². The smallest absolute Gasteiger partial charge is 0.0738 e. The third-order valence-electron chi connectivity index (χ3n) is 2.51. The van der Waals surface area contributed by atoms with Gasteiger partial charge in [0.1, 0.15) is 0 Å². The number of aryl methyl sites for hydroxylation is 1. The van der Waals surface area contributed by atoms with Crippen molar-refractivity contribution >= 4 is 11.6 Å². The van der Waals surface area contributed by atoms with E-state index in [-0.39, 0.29) is 6.04 Å².